The molecule has 1 aliphatic carbocycles. The Morgan fingerprint density at radius 3 is 2.66 bits per heavy atom. The molecule has 0 saturated carbocycles. The van der Waals surface area contributed by atoms with Gasteiger partial charge < -0.3 is 21.0 Å². The highest BCUT2D eigenvalue weighted by Crippen LogP contribution is 2.43. The Morgan fingerprint density at radius 2 is 2.00 bits per heavy atom. The Morgan fingerprint density at radius 1 is 1.28 bits per heavy atom. The minimum Gasteiger partial charge on any atom is -0.508 e. The molecule has 1 aliphatic heterocycles. The molecular formula is C20H23BrF3N3O2. The van der Waals surface area contributed by atoms with Crippen LogP contribution in [-0.2, 0) is 5.41 Å². The first kappa shape index (κ1) is 21.7. The van der Waals surface area contributed by atoms with Gasteiger partial charge in [0.1, 0.15) is 5.75 Å². The molecule has 0 bridgehead atoms. The summed E-state index contributed by atoms with van der Waals surface area (Å²) < 4.78 is 42.3. The van der Waals surface area contributed by atoms with Crippen molar-refractivity contribution in [1.82, 2.24) is 10.7 Å². The maximum Gasteiger partial charge on any atom is 0.418 e. The van der Waals surface area contributed by atoms with Crippen molar-refractivity contribution in [3.8, 4) is 5.75 Å². The smallest absolute Gasteiger partial charge is 0.418 e. The molecule has 0 radical (unpaired) electrons. The molecule has 3 unspecified atom stereocenters. The van der Waals surface area contributed by atoms with E-state index in [2.05, 4.69) is 31.8 Å². The number of rotatable bonds is 6. The van der Waals surface area contributed by atoms with E-state index in [9.17, 15) is 23.4 Å². The van der Waals surface area contributed by atoms with Gasteiger partial charge in [-0.1, -0.05) is 48.0 Å². The summed E-state index contributed by atoms with van der Waals surface area (Å²) >= 11 is 3.22. The van der Waals surface area contributed by atoms with Gasteiger partial charge in [-0.3, -0.25) is 0 Å². The molecule has 9 heteroatoms. The lowest BCUT2D eigenvalue weighted by Crippen LogP contribution is -2.55. The summed E-state index contributed by atoms with van der Waals surface area (Å²) in [6.07, 6.45) is 1.43. The number of phenolic OH excluding ortho intramolecular Hbond substituents is 1. The molecular weight excluding hydrogens is 451 g/mol. The van der Waals surface area contributed by atoms with Crippen molar-refractivity contribution in [2.45, 2.75) is 43.5 Å². The molecule has 0 fully saturated rings. The lowest BCUT2D eigenvalue weighted by Gasteiger charge is -2.39. The first-order valence-electron chi connectivity index (χ1n) is 9.12. The number of allylic oxidation sites excluding steroid dienone is 2. The van der Waals surface area contributed by atoms with E-state index in [4.69, 9.17) is 0 Å². The van der Waals surface area contributed by atoms with Gasteiger partial charge in [-0.2, -0.15) is 18.3 Å². The second kappa shape index (κ2) is 7.68. The monoisotopic (exact) mass is 473 g/mol. The summed E-state index contributed by atoms with van der Waals surface area (Å²) in [6.45, 7) is 2.42. The molecule has 1 heterocycles. The predicted molar refractivity (Wildman–Crippen MR) is 109 cm³/mol. The minimum atomic E-state index is -4.87. The fourth-order valence-electron chi connectivity index (χ4n) is 3.80. The summed E-state index contributed by atoms with van der Waals surface area (Å²) in [6, 6.07) is 4.52. The van der Waals surface area contributed by atoms with Crippen molar-refractivity contribution in [3.63, 3.8) is 0 Å². The van der Waals surface area contributed by atoms with Crippen LogP contribution in [0.2, 0.25) is 0 Å². The third-order valence-electron chi connectivity index (χ3n) is 5.33. The van der Waals surface area contributed by atoms with E-state index >= 15 is 0 Å². The summed E-state index contributed by atoms with van der Waals surface area (Å²) in [7, 11) is 0. The van der Waals surface area contributed by atoms with Gasteiger partial charge in [0, 0.05) is 16.4 Å². The number of fused-ring (bicyclic) bond motifs is 1. The first-order valence-corrected chi connectivity index (χ1v) is 9.91. The number of hydrogen-bond acceptors (Lipinski definition) is 5. The number of benzene rings is 1. The Hall–Kier alpha value is -2.00. The van der Waals surface area contributed by atoms with Crippen molar-refractivity contribution in [2.24, 2.45) is 11.0 Å². The van der Waals surface area contributed by atoms with Crippen molar-refractivity contribution in [2.75, 3.05) is 6.54 Å². The average molecular weight is 474 g/mol. The van der Waals surface area contributed by atoms with Gasteiger partial charge in [-0.25, -0.2) is 0 Å². The van der Waals surface area contributed by atoms with Gasteiger partial charge in [-0.15, -0.1) is 0 Å². The minimum absolute atomic E-state index is 0.113. The molecule has 4 N–H and O–H groups in total. The number of hydrogen-bond donors (Lipinski definition) is 4. The van der Waals surface area contributed by atoms with Gasteiger partial charge in [0.05, 0.1) is 18.5 Å². The van der Waals surface area contributed by atoms with Crippen LogP contribution in [0.25, 0.3) is 0 Å². The fraction of sp³-hybridized carbons (Fsp3) is 0.450. The molecule has 0 aromatic heterocycles. The zero-order valence-corrected chi connectivity index (χ0v) is 17.5. The lowest BCUT2D eigenvalue weighted by atomic mass is 9.74. The van der Waals surface area contributed by atoms with E-state index in [-0.39, 0.29) is 17.7 Å². The summed E-state index contributed by atoms with van der Waals surface area (Å²) in [5.41, 5.74) is -0.391. The quantitative estimate of drug-likeness (QED) is 0.507. The molecule has 29 heavy (non-hydrogen) atoms. The molecule has 1 aromatic rings. The van der Waals surface area contributed by atoms with Crippen LogP contribution in [-0.4, -0.2) is 40.8 Å². The molecule has 3 atom stereocenters. The average Bonchev–Trinajstić information content (AvgIpc) is 3.07. The van der Waals surface area contributed by atoms with Crippen LogP contribution in [0.4, 0.5) is 13.2 Å². The molecule has 5 nitrogen and oxygen atoms in total. The SMILES string of the molecule is CC(C)(CC(O)(CNC1=CC=CC2NN=CC12)C(F)(F)F)c1ccc(Br)cc1O. The molecule has 0 spiro atoms. The maximum absolute atomic E-state index is 13.9. The lowest BCUT2D eigenvalue weighted by molar-refractivity contribution is -0.264. The predicted octanol–water partition coefficient (Wildman–Crippen LogP) is 3.73. The Bertz CT molecular complexity index is 867. The highest BCUT2D eigenvalue weighted by Gasteiger charge is 2.56. The third-order valence-corrected chi connectivity index (χ3v) is 5.83. The zero-order chi connectivity index (χ0) is 21.4. The fourth-order valence-corrected chi connectivity index (χ4v) is 4.15. The van der Waals surface area contributed by atoms with Crippen molar-refractivity contribution in [3.05, 3.63) is 52.2 Å². The standard InChI is InChI=1S/C20H23BrF3N3O2/c1-18(2,14-7-6-12(21)8-17(14)28)10-19(29,20(22,23)24)11-25-15-4-3-5-16-13(15)9-26-27-16/h3-9,13,16,25,27-29H,10-11H2,1-2H3. The van der Waals surface area contributed by atoms with Crippen LogP contribution < -0.4 is 10.7 Å². The van der Waals surface area contributed by atoms with E-state index < -0.39 is 30.2 Å². The summed E-state index contributed by atoms with van der Waals surface area (Å²) in [4.78, 5) is 0. The molecule has 3 rings (SSSR count). The number of halogens is 4. The van der Waals surface area contributed by atoms with Crippen LogP contribution >= 0.6 is 15.9 Å². The van der Waals surface area contributed by atoms with Crippen molar-refractivity contribution in [1.29, 1.82) is 0 Å². The number of alkyl halides is 3. The Labute approximate surface area is 175 Å². The van der Waals surface area contributed by atoms with Gasteiger partial charge in [0.2, 0.25) is 0 Å². The van der Waals surface area contributed by atoms with Gasteiger partial charge in [0.25, 0.3) is 0 Å². The van der Waals surface area contributed by atoms with Crippen LogP contribution in [0.3, 0.4) is 0 Å². The van der Waals surface area contributed by atoms with E-state index in [1.807, 2.05) is 6.08 Å². The number of aromatic hydroxyl groups is 1. The van der Waals surface area contributed by atoms with Crippen LogP contribution in [0.15, 0.2) is 51.7 Å². The summed E-state index contributed by atoms with van der Waals surface area (Å²) in [5, 5.41) is 27.6. The molecule has 158 valence electrons. The second-order valence-electron chi connectivity index (χ2n) is 8.07. The molecule has 0 amide bonds. The van der Waals surface area contributed by atoms with E-state index in [0.717, 1.165) is 0 Å². The Kier molecular flexibility index (Phi) is 5.75. The van der Waals surface area contributed by atoms with E-state index in [1.165, 1.54) is 6.07 Å². The molecule has 2 aliphatic rings. The second-order valence-corrected chi connectivity index (χ2v) is 8.99. The van der Waals surface area contributed by atoms with Crippen LogP contribution in [0, 0.1) is 5.92 Å². The number of nitrogens with zero attached hydrogens (tertiary/aromatic N) is 1. The third kappa shape index (κ3) is 4.45. The molecule has 1 aromatic carbocycles. The highest BCUT2D eigenvalue weighted by molar-refractivity contribution is 9.10. The van der Waals surface area contributed by atoms with Gasteiger partial charge in [0.15, 0.2) is 5.60 Å². The first-order chi connectivity index (χ1) is 13.4. The topological polar surface area (TPSA) is 76.9 Å². The van der Waals surface area contributed by atoms with Gasteiger partial charge in [-0.05, 0) is 35.6 Å². The number of hydrazone groups is 1. The summed E-state index contributed by atoms with van der Waals surface area (Å²) in [5.74, 6) is -0.334. The van der Waals surface area contributed by atoms with Crippen LogP contribution in [0.1, 0.15) is 25.8 Å². The van der Waals surface area contributed by atoms with Crippen LogP contribution in [0.5, 0.6) is 5.75 Å². The maximum atomic E-state index is 13.9. The van der Waals surface area contributed by atoms with E-state index in [1.54, 1.807) is 44.3 Å². The number of aliphatic hydroxyl groups is 1. The van der Waals surface area contributed by atoms with Crippen molar-refractivity contribution < 1.29 is 23.4 Å². The van der Waals surface area contributed by atoms with Crippen molar-refractivity contribution >= 4 is 22.1 Å². The normalized spacial score (nSPS) is 23.2. The molecule has 0 saturated heterocycles. The Balaban J connectivity index is 1.82. The van der Waals surface area contributed by atoms with Gasteiger partial charge >= 0.3 is 6.18 Å². The number of nitrogens with one attached hydrogen (secondary N) is 2. The number of phenols is 1. The zero-order valence-electron chi connectivity index (χ0n) is 16.0. The largest absolute Gasteiger partial charge is 0.508 e. The van der Waals surface area contributed by atoms with E-state index in [0.29, 0.717) is 15.7 Å². The highest BCUT2D eigenvalue weighted by atomic mass is 79.9.